The Kier molecular flexibility index (Phi) is 2.35. The minimum absolute atomic E-state index is 0.928. The molecule has 2 rings (SSSR count). The van der Waals surface area contributed by atoms with E-state index >= 15 is 0 Å². The molecule has 0 aliphatic heterocycles. The largest absolute Gasteiger partial charge is 0.384 e. The van der Waals surface area contributed by atoms with Crippen molar-refractivity contribution in [3.8, 4) is 0 Å². The van der Waals surface area contributed by atoms with E-state index in [1.807, 2.05) is 6.07 Å². The van der Waals surface area contributed by atoms with Crippen LogP contribution in [0, 0.1) is 5.92 Å². The number of hydrogen-bond donors (Lipinski definition) is 1. The average molecular weight is 226 g/mol. The predicted molar refractivity (Wildman–Crippen MR) is 55.4 cm³/mol. The van der Waals surface area contributed by atoms with Gasteiger partial charge in [-0.3, -0.25) is 0 Å². The summed E-state index contributed by atoms with van der Waals surface area (Å²) in [5, 5.41) is 3.43. The lowest BCUT2D eigenvalue weighted by atomic mass is 10.3. The zero-order valence-corrected chi connectivity index (χ0v) is 8.47. The topological polar surface area (TPSA) is 12.0 Å². The number of nitrogens with one attached hydrogen (secondary N) is 1. The van der Waals surface area contributed by atoms with E-state index in [9.17, 15) is 0 Å². The maximum absolute atomic E-state index is 3.50. The maximum Gasteiger partial charge on any atom is 0.0484 e. The summed E-state index contributed by atoms with van der Waals surface area (Å²) < 4.78 is 1.16. The minimum atomic E-state index is 0.928. The summed E-state index contributed by atoms with van der Waals surface area (Å²) in [6.07, 6.45) is 2.80. The molecule has 1 saturated carbocycles. The Hall–Kier alpha value is -0.500. The van der Waals surface area contributed by atoms with Crippen LogP contribution in [0.3, 0.4) is 0 Å². The summed E-state index contributed by atoms with van der Waals surface area (Å²) in [5.41, 5.74) is 1.21. The van der Waals surface area contributed by atoms with Crippen LogP contribution in [0.25, 0.3) is 0 Å². The Balaban J connectivity index is 1.96. The van der Waals surface area contributed by atoms with Crippen molar-refractivity contribution in [3.63, 3.8) is 0 Å². The second kappa shape index (κ2) is 3.48. The molecule has 0 radical (unpaired) electrons. The smallest absolute Gasteiger partial charge is 0.0484 e. The molecule has 1 aliphatic rings. The van der Waals surface area contributed by atoms with Crippen LogP contribution in [0.4, 0.5) is 5.69 Å². The highest BCUT2D eigenvalue weighted by molar-refractivity contribution is 9.10. The molecule has 0 bridgehead atoms. The highest BCUT2D eigenvalue weighted by Gasteiger charge is 2.20. The van der Waals surface area contributed by atoms with E-state index in [0.717, 1.165) is 16.9 Å². The molecule has 0 unspecified atom stereocenters. The van der Waals surface area contributed by atoms with Crippen LogP contribution in [0.15, 0.2) is 28.7 Å². The lowest BCUT2D eigenvalue weighted by Crippen LogP contribution is -2.03. The summed E-state index contributed by atoms with van der Waals surface area (Å²) in [6, 6.07) is 8.26. The van der Waals surface area contributed by atoms with Crippen molar-refractivity contribution in [2.24, 2.45) is 5.92 Å². The van der Waals surface area contributed by atoms with Gasteiger partial charge in [-0.15, -0.1) is 0 Å². The molecule has 0 amide bonds. The Morgan fingerprint density at radius 2 is 2.08 bits per heavy atom. The minimum Gasteiger partial charge on any atom is -0.384 e. The van der Waals surface area contributed by atoms with E-state index in [-0.39, 0.29) is 0 Å². The van der Waals surface area contributed by atoms with Crippen LogP contribution in [0.5, 0.6) is 0 Å². The van der Waals surface area contributed by atoms with E-state index < -0.39 is 0 Å². The second-order valence-electron chi connectivity index (χ2n) is 3.30. The molecule has 2 heteroatoms. The molecule has 1 aromatic carbocycles. The van der Waals surface area contributed by atoms with Crippen LogP contribution in [-0.2, 0) is 0 Å². The van der Waals surface area contributed by atoms with E-state index in [0.29, 0.717) is 0 Å². The van der Waals surface area contributed by atoms with Crippen molar-refractivity contribution in [3.05, 3.63) is 28.7 Å². The Morgan fingerprint density at radius 1 is 1.33 bits per heavy atom. The normalized spacial score (nSPS) is 16.1. The van der Waals surface area contributed by atoms with E-state index in [4.69, 9.17) is 0 Å². The van der Waals surface area contributed by atoms with Crippen molar-refractivity contribution in [1.82, 2.24) is 0 Å². The molecular weight excluding hydrogens is 214 g/mol. The van der Waals surface area contributed by atoms with Gasteiger partial charge in [0.15, 0.2) is 0 Å². The molecule has 0 spiro atoms. The highest BCUT2D eigenvalue weighted by Crippen LogP contribution is 2.30. The quantitative estimate of drug-likeness (QED) is 0.833. The van der Waals surface area contributed by atoms with Crippen LogP contribution in [0.1, 0.15) is 12.8 Å². The molecule has 1 N–H and O–H groups in total. The summed E-state index contributed by atoms with van der Waals surface area (Å²) in [4.78, 5) is 0. The SMILES string of the molecule is Brc1ccccc1NCC1CC1. The number of anilines is 1. The summed E-state index contributed by atoms with van der Waals surface area (Å²) >= 11 is 3.50. The second-order valence-corrected chi connectivity index (χ2v) is 4.16. The molecule has 0 aromatic heterocycles. The number of para-hydroxylation sites is 1. The van der Waals surface area contributed by atoms with Gasteiger partial charge in [-0.1, -0.05) is 12.1 Å². The standard InChI is InChI=1S/C10H12BrN/c11-9-3-1-2-4-10(9)12-7-8-5-6-8/h1-4,8,12H,5-7H2. The first kappa shape index (κ1) is 8.11. The van der Waals surface area contributed by atoms with Crippen LogP contribution >= 0.6 is 15.9 Å². The number of benzene rings is 1. The van der Waals surface area contributed by atoms with Gasteiger partial charge >= 0.3 is 0 Å². The van der Waals surface area contributed by atoms with Gasteiger partial charge in [0.25, 0.3) is 0 Å². The molecule has 0 atom stereocenters. The lowest BCUT2D eigenvalue weighted by Gasteiger charge is -2.06. The third-order valence-corrected chi connectivity index (χ3v) is 2.84. The first-order valence-corrected chi connectivity index (χ1v) is 5.14. The summed E-state index contributed by atoms with van der Waals surface area (Å²) in [7, 11) is 0. The van der Waals surface area contributed by atoms with Gasteiger partial charge in [-0.2, -0.15) is 0 Å². The lowest BCUT2D eigenvalue weighted by molar-refractivity contribution is 0.888. The van der Waals surface area contributed by atoms with Gasteiger partial charge < -0.3 is 5.32 Å². The third kappa shape index (κ3) is 2.01. The first-order valence-electron chi connectivity index (χ1n) is 4.34. The third-order valence-electron chi connectivity index (χ3n) is 2.15. The Labute approximate surface area is 81.3 Å². The van der Waals surface area contributed by atoms with Gasteiger partial charge in [0.2, 0.25) is 0 Å². The van der Waals surface area contributed by atoms with Gasteiger partial charge in [0.1, 0.15) is 0 Å². The Morgan fingerprint density at radius 3 is 2.75 bits per heavy atom. The molecule has 0 heterocycles. The molecule has 1 aliphatic carbocycles. The molecule has 12 heavy (non-hydrogen) atoms. The van der Waals surface area contributed by atoms with Gasteiger partial charge in [-0.05, 0) is 46.8 Å². The van der Waals surface area contributed by atoms with Crippen molar-refractivity contribution in [2.45, 2.75) is 12.8 Å². The zero-order chi connectivity index (χ0) is 8.39. The van der Waals surface area contributed by atoms with E-state index in [2.05, 4.69) is 39.4 Å². The molecule has 0 saturated heterocycles. The van der Waals surface area contributed by atoms with Crippen molar-refractivity contribution < 1.29 is 0 Å². The zero-order valence-electron chi connectivity index (χ0n) is 6.89. The number of halogens is 1. The summed E-state index contributed by atoms with van der Waals surface area (Å²) in [5.74, 6) is 0.928. The van der Waals surface area contributed by atoms with Crippen LogP contribution in [-0.4, -0.2) is 6.54 Å². The Bertz CT molecular complexity index is 268. The van der Waals surface area contributed by atoms with Crippen LogP contribution < -0.4 is 5.32 Å². The average Bonchev–Trinajstić information content (AvgIpc) is 2.86. The van der Waals surface area contributed by atoms with Gasteiger partial charge in [0.05, 0.1) is 0 Å². The highest BCUT2D eigenvalue weighted by atomic mass is 79.9. The predicted octanol–water partition coefficient (Wildman–Crippen LogP) is 3.27. The van der Waals surface area contributed by atoms with Gasteiger partial charge in [0, 0.05) is 16.7 Å². The fourth-order valence-electron chi connectivity index (χ4n) is 1.18. The van der Waals surface area contributed by atoms with E-state index in [1.165, 1.54) is 18.5 Å². The van der Waals surface area contributed by atoms with Crippen LogP contribution in [0.2, 0.25) is 0 Å². The molecular formula is C10H12BrN. The van der Waals surface area contributed by atoms with Crippen molar-refractivity contribution in [2.75, 3.05) is 11.9 Å². The van der Waals surface area contributed by atoms with Gasteiger partial charge in [-0.25, -0.2) is 0 Å². The first-order chi connectivity index (χ1) is 5.86. The number of hydrogen-bond acceptors (Lipinski definition) is 1. The molecule has 1 fully saturated rings. The fraction of sp³-hybridized carbons (Fsp3) is 0.400. The molecule has 1 nitrogen and oxygen atoms in total. The van der Waals surface area contributed by atoms with E-state index in [1.54, 1.807) is 0 Å². The fourth-order valence-corrected chi connectivity index (χ4v) is 1.61. The molecule has 1 aromatic rings. The monoisotopic (exact) mass is 225 g/mol. The van der Waals surface area contributed by atoms with Crippen molar-refractivity contribution in [1.29, 1.82) is 0 Å². The maximum atomic E-state index is 3.50. The van der Waals surface area contributed by atoms with Crippen molar-refractivity contribution >= 4 is 21.6 Å². The molecule has 64 valence electrons. The summed E-state index contributed by atoms with van der Waals surface area (Å²) in [6.45, 7) is 1.13. The number of rotatable bonds is 3.